The van der Waals surface area contributed by atoms with Gasteiger partial charge in [0.2, 0.25) is 0 Å². The lowest BCUT2D eigenvalue weighted by molar-refractivity contribution is 0.660. The zero-order valence-corrected chi connectivity index (χ0v) is 35.4. The van der Waals surface area contributed by atoms with Crippen LogP contribution in [-0.4, -0.2) is 0 Å². The van der Waals surface area contributed by atoms with Crippen molar-refractivity contribution < 1.29 is 0 Å². The Balaban J connectivity index is 1.07. The zero-order valence-electron chi connectivity index (χ0n) is 35.4. The molecule has 296 valence electrons. The number of hydrogen-bond donors (Lipinski definition) is 0. The standard InChI is InChI=1S/C63H44/c1-63(2)59-28-15-14-27-53(59)54-34-30-49(40-60(54)63)45-26-16-25-44(35-45)48-29-32-51-52-33-31-50(56-37-47-24-13-12-23-46(47)36-55(56)41-17-6-3-7-18-41)39-58(52)62(43-21-10-5-11-22-43)61(57(51)38-48)42-19-8-4-9-20-42/h3-40H,1-2H3. The van der Waals surface area contributed by atoms with Gasteiger partial charge in [-0.1, -0.05) is 208 Å². The Bertz CT molecular complexity index is 3560. The van der Waals surface area contributed by atoms with E-state index in [1.807, 2.05) is 0 Å². The summed E-state index contributed by atoms with van der Waals surface area (Å²) in [7, 11) is 0. The first-order chi connectivity index (χ1) is 31.0. The first kappa shape index (κ1) is 37.0. The molecule has 12 rings (SSSR count). The maximum atomic E-state index is 2.45. The van der Waals surface area contributed by atoms with E-state index in [9.17, 15) is 0 Å². The van der Waals surface area contributed by atoms with Crippen LogP contribution >= 0.6 is 0 Å². The van der Waals surface area contributed by atoms with Crippen LogP contribution in [0.15, 0.2) is 231 Å². The minimum Gasteiger partial charge on any atom is -0.0622 e. The van der Waals surface area contributed by atoms with Crippen molar-refractivity contribution >= 4 is 32.3 Å². The van der Waals surface area contributed by atoms with E-state index in [1.54, 1.807) is 0 Å². The van der Waals surface area contributed by atoms with Crippen molar-refractivity contribution in [3.05, 3.63) is 242 Å². The van der Waals surface area contributed by atoms with E-state index in [-0.39, 0.29) is 5.41 Å². The SMILES string of the molecule is CC1(C)c2ccccc2-c2ccc(-c3cccc(-c4ccc5c(c4)c(-c4ccccc4)c(-c4ccccc4)c4cc(-c6cc7ccccc7cc6-c6ccccc6)ccc45)c3)cc21. The Hall–Kier alpha value is -7.80. The van der Waals surface area contributed by atoms with Crippen LogP contribution in [0.3, 0.4) is 0 Å². The lowest BCUT2D eigenvalue weighted by Gasteiger charge is -2.22. The summed E-state index contributed by atoms with van der Waals surface area (Å²) in [4.78, 5) is 0. The third-order valence-corrected chi connectivity index (χ3v) is 13.6. The molecule has 11 aromatic carbocycles. The summed E-state index contributed by atoms with van der Waals surface area (Å²) in [5.74, 6) is 0. The highest BCUT2D eigenvalue weighted by atomic mass is 14.4. The Morgan fingerprint density at radius 3 is 1.29 bits per heavy atom. The van der Waals surface area contributed by atoms with E-state index in [2.05, 4.69) is 244 Å². The van der Waals surface area contributed by atoms with Crippen LogP contribution in [0.4, 0.5) is 0 Å². The molecule has 0 atom stereocenters. The predicted molar refractivity (Wildman–Crippen MR) is 269 cm³/mol. The quantitative estimate of drug-likeness (QED) is 0.147. The van der Waals surface area contributed by atoms with Crippen molar-refractivity contribution in [3.8, 4) is 77.9 Å². The number of hydrogen-bond acceptors (Lipinski definition) is 0. The van der Waals surface area contributed by atoms with Gasteiger partial charge < -0.3 is 0 Å². The van der Waals surface area contributed by atoms with Gasteiger partial charge in [-0.25, -0.2) is 0 Å². The minimum absolute atomic E-state index is 0.0502. The molecule has 11 aromatic rings. The first-order valence-corrected chi connectivity index (χ1v) is 22.1. The molecule has 63 heavy (non-hydrogen) atoms. The first-order valence-electron chi connectivity index (χ1n) is 22.1. The molecule has 1 aliphatic carbocycles. The molecule has 0 N–H and O–H groups in total. The molecule has 0 radical (unpaired) electrons. The summed E-state index contributed by atoms with van der Waals surface area (Å²) in [6.45, 7) is 4.72. The fourth-order valence-electron chi connectivity index (χ4n) is 10.5. The molecular weight excluding hydrogens is 757 g/mol. The van der Waals surface area contributed by atoms with Gasteiger partial charge >= 0.3 is 0 Å². The third kappa shape index (κ3) is 6.13. The second-order valence-electron chi connectivity index (χ2n) is 17.6. The van der Waals surface area contributed by atoms with Gasteiger partial charge in [0, 0.05) is 5.41 Å². The van der Waals surface area contributed by atoms with Gasteiger partial charge in [0.25, 0.3) is 0 Å². The van der Waals surface area contributed by atoms with Crippen LogP contribution in [0.5, 0.6) is 0 Å². The second kappa shape index (κ2) is 14.7. The number of fused-ring (bicyclic) bond motifs is 7. The molecule has 0 spiro atoms. The van der Waals surface area contributed by atoms with Gasteiger partial charge in [-0.15, -0.1) is 0 Å². The monoisotopic (exact) mass is 800 g/mol. The lowest BCUT2D eigenvalue weighted by atomic mass is 9.81. The molecule has 0 amide bonds. The summed E-state index contributed by atoms with van der Waals surface area (Å²) in [6.07, 6.45) is 0. The van der Waals surface area contributed by atoms with Crippen LogP contribution in [0.1, 0.15) is 25.0 Å². The molecule has 0 saturated carbocycles. The van der Waals surface area contributed by atoms with E-state index >= 15 is 0 Å². The zero-order chi connectivity index (χ0) is 42.1. The highest BCUT2D eigenvalue weighted by Crippen LogP contribution is 2.51. The van der Waals surface area contributed by atoms with Crippen LogP contribution < -0.4 is 0 Å². The summed E-state index contributed by atoms with van der Waals surface area (Å²) in [6, 6.07) is 85.6. The van der Waals surface area contributed by atoms with Crippen molar-refractivity contribution in [3.63, 3.8) is 0 Å². The van der Waals surface area contributed by atoms with Crippen molar-refractivity contribution in [1.29, 1.82) is 0 Å². The smallest absolute Gasteiger partial charge is 0.0159 e. The fraction of sp³-hybridized carbons (Fsp3) is 0.0476. The average molecular weight is 801 g/mol. The van der Waals surface area contributed by atoms with Crippen LogP contribution in [-0.2, 0) is 5.41 Å². The molecule has 0 nitrogen and oxygen atoms in total. The van der Waals surface area contributed by atoms with Crippen LogP contribution in [0.25, 0.3) is 110 Å². The normalized spacial score (nSPS) is 12.7. The maximum Gasteiger partial charge on any atom is 0.0159 e. The molecule has 0 aliphatic heterocycles. The lowest BCUT2D eigenvalue weighted by Crippen LogP contribution is -2.14. The van der Waals surface area contributed by atoms with E-state index in [0.717, 1.165) is 0 Å². The Morgan fingerprint density at radius 1 is 0.238 bits per heavy atom. The van der Waals surface area contributed by atoms with Gasteiger partial charge in [0.1, 0.15) is 0 Å². The van der Waals surface area contributed by atoms with Gasteiger partial charge in [0.15, 0.2) is 0 Å². The Kier molecular flexibility index (Phi) is 8.63. The molecule has 0 heterocycles. The molecule has 1 aliphatic rings. The third-order valence-electron chi connectivity index (χ3n) is 13.6. The highest BCUT2D eigenvalue weighted by Gasteiger charge is 2.35. The molecule has 0 heteroatoms. The maximum absolute atomic E-state index is 2.45. The predicted octanol–water partition coefficient (Wildman–Crippen LogP) is 17.5. The molecule has 0 saturated heterocycles. The average Bonchev–Trinajstić information content (AvgIpc) is 3.58. The topological polar surface area (TPSA) is 0 Å². The van der Waals surface area contributed by atoms with Crippen molar-refractivity contribution in [2.75, 3.05) is 0 Å². The minimum atomic E-state index is -0.0502. The van der Waals surface area contributed by atoms with Gasteiger partial charge in [-0.05, 0) is 158 Å². The summed E-state index contributed by atoms with van der Waals surface area (Å²) in [5, 5.41) is 7.46. The van der Waals surface area contributed by atoms with E-state index < -0.39 is 0 Å². The van der Waals surface area contributed by atoms with E-state index in [0.29, 0.717) is 0 Å². The molecular formula is C63H44. The van der Waals surface area contributed by atoms with Crippen molar-refractivity contribution in [2.24, 2.45) is 0 Å². The van der Waals surface area contributed by atoms with E-state index in [1.165, 1.54) is 121 Å². The fourth-order valence-corrected chi connectivity index (χ4v) is 10.5. The largest absolute Gasteiger partial charge is 0.0622 e. The van der Waals surface area contributed by atoms with Gasteiger partial charge in [0.05, 0.1) is 0 Å². The van der Waals surface area contributed by atoms with Gasteiger partial charge in [-0.3, -0.25) is 0 Å². The second-order valence-corrected chi connectivity index (χ2v) is 17.6. The molecule has 0 bridgehead atoms. The number of rotatable bonds is 6. The van der Waals surface area contributed by atoms with Gasteiger partial charge in [-0.2, -0.15) is 0 Å². The summed E-state index contributed by atoms with van der Waals surface area (Å²) in [5.41, 5.74) is 20.1. The Morgan fingerprint density at radius 2 is 0.667 bits per heavy atom. The van der Waals surface area contributed by atoms with Crippen molar-refractivity contribution in [2.45, 2.75) is 19.3 Å². The summed E-state index contributed by atoms with van der Waals surface area (Å²) >= 11 is 0. The molecule has 0 fully saturated rings. The Labute approximate surface area is 369 Å². The molecule has 0 unspecified atom stereocenters. The number of benzene rings is 11. The van der Waals surface area contributed by atoms with Crippen LogP contribution in [0.2, 0.25) is 0 Å². The van der Waals surface area contributed by atoms with E-state index in [4.69, 9.17) is 0 Å². The highest BCUT2D eigenvalue weighted by molar-refractivity contribution is 6.23. The van der Waals surface area contributed by atoms with Crippen LogP contribution in [0, 0.1) is 0 Å². The summed E-state index contributed by atoms with van der Waals surface area (Å²) < 4.78 is 0. The van der Waals surface area contributed by atoms with Crippen molar-refractivity contribution in [1.82, 2.24) is 0 Å². The molecule has 0 aromatic heterocycles.